The number of anilines is 2. The van der Waals surface area contributed by atoms with Crippen molar-refractivity contribution in [1.82, 2.24) is 9.88 Å². The van der Waals surface area contributed by atoms with Crippen LogP contribution in [-0.4, -0.2) is 48.5 Å². The highest BCUT2D eigenvalue weighted by Gasteiger charge is 2.30. The molecular formula is C21H18F3N5O3. The van der Waals surface area contributed by atoms with Gasteiger partial charge in [-0.25, -0.2) is 0 Å². The standard InChI is InChI=1S/C21H18F3N5O3/c22-21(23,24)14-3-1-4-15(11-14)26-13-18(30)28-6-8-29(9-7-28)20-16(12-25)27-19(32-20)17-5-2-10-31-17/h1-5,10-11,26H,6-9,13H2. The fourth-order valence-corrected chi connectivity index (χ4v) is 3.36. The lowest BCUT2D eigenvalue weighted by Crippen LogP contribution is -2.50. The lowest BCUT2D eigenvalue weighted by molar-refractivity contribution is -0.137. The normalized spacial score (nSPS) is 14.3. The average Bonchev–Trinajstić information content (AvgIpc) is 3.47. The molecule has 1 aliphatic heterocycles. The van der Waals surface area contributed by atoms with E-state index in [4.69, 9.17) is 8.83 Å². The predicted octanol–water partition coefficient (Wildman–Crippen LogP) is 3.59. The number of hydrogen-bond acceptors (Lipinski definition) is 7. The highest BCUT2D eigenvalue weighted by molar-refractivity contribution is 5.81. The number of oxazole rings is 1. The van der Waals surface area contributed by atoms with Crippen molar-refractivity contribution < 1.29 is 26.8 Å². The first-order valence-corrected chi connectivity index (χ1v) is 9.74. The van der Waals surface area contributed by atoms with Crippen LogP contribution in [0.5, 0.6) is 0 Å². The Morgan fingerprint density at radius 1 is 1.19 bits per heavy atom. The number of hydrogen-bond donors (Lipinski definition) is 1. The zero-order chi connectivity index (χ0) is 22.7. The topological polar surface area (TPSA) is 98.5 Å². The zero-order valence-corrected chi connectivity index (χ0v) is 16.7. The first-order valence-electron chi connectivity index (χ1n) is 9.74. The molecule has 8 nitrogen and oxygen atoms in total. The third kappa shape index (κ3) is 4.54. The quantitative estimate of drug-likeness (QED) is 0.641. The van der Waals surface area contributed by atoms with Gasteiger partial charge in [0, 0.05) is 31.9 Å². The van der Waals surface area contributed by atoms with E-state index in [2.05, 4.69) is 10.3 Å². The summed E-state index contributed by atoms with van der Waals surface area (Å²) in [5, 5.41) is 12.1. The van der Waals surface area contributed by atoms with E-state index in [1.807, 2.05) is 11.0 Å². The number of carbonyl (C=O) groups is 1. The summed E-state index contributed by atoms with van der Waals surface area (Å²) in [6, 6.07) is 10.1. The molecule has 0 unspecified atom stereocenters. The van der Waals surface area contributed by atoms with Gasteiger partial charge < -0.3 is 24.0 Å². The summed E-state index contributed by atoms with van der Waals surface area (Å²) >= 11 is 0. The Hall–Kier alpha value is -3.94. The molecule has 1 amide bonds. The van der Waals surface area contributed by atoms with Gasteiger partial charge in [-0.05, 0) is 30.3 Å². The number of piperazine rings is 1. The molecular weight excluding hydrogens is 427 g/mol. The van der Waals surface area contributed by atoms with Gasteiger partial charge in [0.05, 0.1) is 18.4 Å². The van der Waals surface area contributed by atoms with Crippen molar-refractivity contribution in [3.8, 4) is 17.7 Å². The molecule has 2 aromatic heterocycles. The summed E-state index contributed by atoms with van der Waals surface area (Å²) in [5.74, 6) is 0.678. The van der Waals surface area contributed by atoms with Crippen LogP contribution in [-0.2, 0) is 11.0 Å². The number of halogens is 3. The first-order chi connectivity index (χ1) is 15.3. The van der Waals surface area contributed by atoms with E-state index < -0.39 is 11.7 Å². The van der Waals surface area contributed by atoms with E-state index in [0.717, 1.165) is 12.1 Å². The molecule has 1 fully saturated rings. The molecule has 0 saturated carbocycles. The monoisotopic (exact) mass is 445 g/mol. The average molecular weight is 445 g/mol. The molecule has 11 heteroatoms. The molecule has 1 aromatic carbocycles. The van der Waals surface area contributed by atoms with Crippen LogP contribution in [0.15, 0.2) is 51.5 Å². The van der Waals surface area contributed by atoms with Crippen LogP contribution in [0.4, 0.5) is 24.7 Å². The number of rotatable bonds is 5. The number of benzene rings is 1. The molecule has 3 heterocycles. The summed E-state index contributed by atoms with van der Waals surface area (Å²) in [6.45, 7) is 1.43. The predicted molar refractivity (Wildman–Crippen MR) is 108 cm³/mol. The molecule has 3 aromatic rings. The summed E-state index contributed by atoms with van der Waals surface area (Å²) in [5.41, 5.74) is -0.433. The van der Waals surface area contributed by atoms with Gasteiger partial charge in [-0.2, -0.15) is 23.4 Å². The zero-order valence-electron chi connectivity index (χ0n) is 16.7. The van der Waals surface area contributed by atoms with Gasteiger partial charge in [0.25, 0.3) is 5.89 Å². The van der Waals surface area contributed by atoms with Gasteiger partial charge in [0.15, 0.2) is 5.76 Å². The van der Waals surface area contributed by atoms with Crippen molar-refractivity contribution >= 4 is 17.5 Å². The summed E-state index contributed by atoms with van der Waals surface area (Å²) in [6.07, 6.45) is -2.97. The number of nitrogens with one attached hydrogen (secondary N) is 1. The molecule has 32 heavy (non-hydrogen) atoms. The Morgan fingerprint density at radius 2 is 1.97 bits per heavy atom. The molecule has 0 aliphatic carbocycles. The largest absolute Gasteiger partial charge is 0.459 e. The molecule has 0 bridgehead atoms. The van der Waals surface area contributed by atoms with Gasteiger partial charge in [-0.1, -0.05) is 6.07 Å². The van der Waals surface area contributed by atoms with E-state index in [9.17, 15) is 23.2 Å². The summed E-state index contributed by atoms with van der Waals surface area (Å²) in [7, 11) is 0. The minimum atomic E-state index is -4.45. The highest BCUT2D eigenvalue weighted by Crippen LogP contribution is 2.31. The second-order valence-electron chi connectivity index (χ2n) is 7.06. The molecule has 166 valence electrons. The lowest BCUT2D eigenvalue weighted by atomic mass is 10.2. The van der Waals surface area contributed by atoms with E-state index in [-0.39, 0.29) is 29.7 Å². The van der Waals surface area contributed by atoms with Crippen LogP contribution in [0.25, 0.3) is 11.7 Å². The summed E-state index contributed by atoms with van der Waals surface area (Å²) in [4.78, 5) is 20.1. The van der Waals surface area contributed by atoms with Crippen LogP contribution < -0.4 is 10.2 Å². The van der Waals surface area contributed by atoms with Crippen molar-refractivity contribution in [2.75, 3.05) is 42.9 Å². The number of nitrogens with zero attached hydrogens (tertiary/aromatic N) is 4. The molecule has 0 atom stereocenters. The van der Waals surface area contributed by atoms with Gasteiger partial charge in [0.1, 0.15) is 6.07 Å². The van der Waals surface area contributed by atoms with Crippen molar-refractivity contribution in [3.05, 3.63) is 53.9 Å². The Morgan fingerprint density at radius 3 is 2.62 bits per heavy atom. The molecule has 4 rings (SSSR count). The van der Waals surface area contributed by atoms with Gasteiger partial charge in [-0.3, -0.25) is 4.79 Å². The third-order valence-electron chi connectivity index (χ3n) is 5.00. The maximum absolute atomic E-state index is 12.8. The Bertz CT molecular complexity index is 1130. The molecule has 1 aliphatic rings. The number of nitriles is 1. The Labute approximate surface area is 180 Å². The smallest absolute Gasteiger partial charge is 0.416 e. The van der Waals surface area contributed by atoms with Gasteiger partial charge in [-0.15, -0.1) is 0 Å². The van der Waals surface area contributed by atoms with Crippen molar-refractivity contribution in [2.45, 2.75) is 6.18 Å². The number of alkyl halides is 3. The van der Waals surface area contributed by atoms with Crippen LogP contribution in [0, 0.1) is 11.3 Å². The SMILES string of the molecule is N#Cc1nc(-c2ccco2)oc1N1CCN(C(=O)CNc2cccc(C(F)(F)F)c2)CC1. The lowest BCUT2D eigenvalue weighted by Gasteiger charge is -2.34. The maximum atomic E-state index is 12.8. The summed E-state index contributed by atoms with van der Waals surface area (Å²) < 4.78 is 49.4. The first kappa shape index (κ1) is 21.3. The molecule has 1 saturated heterocycles. The maximum Gasteiger partial charge on any atom is 0.416 e. The van der Waals surface area contributed by atoms with E-state index in [1.54, 1.807) is 17.0 Å². The molecule has 1 N–H and O–H groups in total. The fraction of sp³-hybridized carbons (Fsp3) is 0.286. The molecule has 0 spiro atoms. The van der Waals surface area contributed by atoms with Crippen LogP contribution in [0.2, 0.25) is 0 Å². The highest BCUT2D eigenvalue weighted by atomic mass is 19.4. The van der Waals surface area contributed by atoms with E-state index >= 15 is 0 Å². The van der Waals surface area contributed by atoms with Gasteiger partial charge in [0.2, 0.25) is 17.5 Å². The number of amides is 1. The van der Waals surface area contributed by atoms with Crippen LogP contribution in [0.3, 0.4) is 0 Å². The van der Waals surface area contributed by atoms with Crippen molar-refractivity contribution in [1.29, 1.82) is 5.26 Å². The van der Waals surface area contributed by atoms with Crippen LogP contribution >= 0.6 is 0 Å². The van der Waals surface area contributed by atoms with Gasteiger partial charge >= 0.3 is 6.18 Å². The minimum absolute atomic E-state index is 0.127. The fourth-order valence-electron chi connectivity index (χ4n) is 3.36. The number of carbonyl (C=O) groups excluding carboxylic acids is 1. The van der Waals surface area contributed by atoms with Crippen molar-refractivity contribution in [3.63, 3.8) is 0 Å². The third-order valence-corrected chi connectivity index (χ3v) is 5.00. The van der Waals surface area contributed by atoms with Crippen molar-refractivity contribution in [2.24, 2.45) is 0 Å². The number of furan rings is 1. The second-order valence-corrected chi connectivity index (χ2v) is 7.06. The molecule has 0 radical (unpaired) electrons. The Kier molecular flexibility index (Phi) is 5.77. The number of aromatic nitrogens is 1. The second kappa shape index (κ2) is 8.66. The Balaban J connectivity index is 1.34. The van der Waals surface area contributed by atoms with Crippen LogP contribution in [0.1, 0.15) is 11.3 Å². The minimum Gasteiger partial charge on any atom is -0.459 e. The van der Waals surface area contributed by atoms with E-state index in [1.165, 1.54) is 18.4 Å². The van der Waals surface area contributed by atoms with E-state index in [0.29, 0.717) is 37.8 Å².